The summed E-state index contributed by atoms with van der Waals surface area (Å²) in [5.74, 6) is 1.97. The number of rotatable bonds is 8. The van der Waals surface area contributed by atoms with Crippen molar-refractivity contribution in [2.24, 2.45) is 0 Å². The number of carbonyl (C=O) groups is 1. The fourth-order valence-corrected chi connectivity index (χ4v) is 5.36. The van der Waals surface area contributed by atoms with Gasteiger partial charge in [-0.15, -0.1) is 5.10 Å². The molecule has 0 aliphatic carbocycles. The SMILES string of the molecule is CCOc1ccc(C2C(C(=O)Nc3ccc(C)cc3C)=C(C)Nc3nc(SCc4ccccc4)nn32)cc1. The number of anilines is 2. The van der Waals surface area contributed by atoms with Gasteiger partial charge >= 0.3 is 0 Å². The number of hydrogen-bond donors (Lipinski definition) is 2. The average Bonchev–Trinajstić information content (AvgIpc) is 3.32. The minimum absolute atomic E-state index is 0.180. The lowest BCUT2D eigenvalue weighted by Gasteiger charge is -2.29. The number of nitrogens with one attached hydrogen (secondary N) is 2. The van der Waals surface area contributed by atoms with Gasteiger partial charge in [0.1, 0.15) is 11.8 Å². The predicted octanol–water partition coefficient (Wildman–Crippen LogP) is 6.51. The molecule has 1 amide bonds. The summed E-state index contributed by atoms with van der Waals surface area (Å²) in [5.41, 5.74) is 6.40. The highest BCUT2D eigenvalue weighted by atomic mass is 32.2. The first-order valence-electron chi connectivity index (χ1n) is 12.7. The van der Waals surface area contributed by atoms with E-state index in [0.29, 0.717) is 23.3 Å². The van der Waals surface area contributed by atoms with Crippen molar-refractivity contribution in [1.29, 1.82) is 0 Å². The summed E-state index contributed by atoms with van der Waals surface area (Å²) in [5, 5.41) is 11.9. The van der Waals surface area contributed by atoms with Crippen LogP contribution in [-0.2, 0) is 10.5 Å². The van der Waals surface area contributed by atoms with Gasteiger partial charge in [0.15, 0.2) is 0 Å². The molecule has 0 bridgehead atoms. The molecular weight excluding hydrogens is 494 g/mol. The molecule has 3 aromatic carbocycles. The molecule has 5 rings (SSSR count). The molecule has 2 heterocycles. The van der Waals surface area contributed by atoms with Crippen molar-refractivity contribution in [2.75, 3.05) is 17.2 Å². The molecule has 1 unspecified atom stereocenters. The normalized spacial score (nSPS) is 14.6. The quantitative estimate of drug-likeness (QED) is 0.255. The molecule has 4 aromatic rings. The molecule has 194 valence electrons. The average molecular weight is 526 g/mol. The van der Waals surface area contributed by atoms with E-state index in [9.17, 15) is 4.79 Å². The lowest BCUT2D eigenvalue weighted by molar-refractivity contribution is -0.113. The second-order valence-electron chi connectivity index (χ2n) is 9.28. The predicted molar refractivity (Wildman–Crippen MR) is 153 cm³/mol. The van der Waals surface area contributed by atoms with E-state index in [2.05, 4.69) is 28.8 Å². The van der Waals surface area contributed by atoms with Gasteiger partial charge in [0.25, 0.3) is 5.91 Å². The van der Waals surface area contributed by atoms with Crippen LogP contribution in [0.2, 0.25) is 0 Å². The minimum Gasteiger partial charge on any atom is -0.494 e. The van der Waals surface area contributed by atoms with Crippen LogP contribution < -0.4 is 15.4 Å². The number of ether oxygens (including phenoxy) is 1. The van der Waals surface area contributed by atoms with E-state index in [1.165, 1.54) is 5.56 Å². The monoisotopic (exact) mass is 525 g/mol. The van der Waals surface area contributed by atoms with Gasteiger partial charge in [-0.3, -0.25) is 4.79 Å². The second kappa shape index (κ2) is 11.1. The first-order chi connectivity index (χ1) is 18.4. The second-order valence-corrected chi connectivity index (χ2v) is 10.2. The highest BCUT2D eigenvalue weighted by molar-refractivity contribution is 7.98. The van der Waals surface area contributed by atoms with Crippen LogP contribution in [0.4, 0.5) is 11.6 Å². The van der Waals surface area contributed by atoms with Crippen LogP contribution in [0.1, 0.15) is 42.1 Å². The number of aromatic nitrogens is 3. The first kappa shape index (κ1) is 25.6. The third kappa shape index (κ3) is 5.45. The van der Waals surface area contributed by atoms with Crippen LogP contribution in [0.5, 0.6) is 5.75 Å². The lowest BCUT2D eigenvalue weighted by Crippen LogP contribution is -2.31. The molecule has 0 spiro atoms. The van der Waals surface area contributed by atoms with Crippen LogP contribution >= 0.6 is 11.8 Å². The number of fused-ring (bicyclic) bond motifs is 1. The van der Waals surface area contributed by atoms with E-state index in [1.54, 1.807) is 11.8 Å². The Kier molecular flexibility index (Phi) is 7.51. The van der Waals surface area contributed by atoms with Crippen LogP contribution in [0, 0.1) is 13.8 Å². The van der Waals surface area contributed by atoms with E-state index in [0.717, 1.165) is 39.6 Å². The molecular formula is C30H31N5O2S. The molecule has 1 aromatic heterocycles. The van der Waals surface area contributed by atoms with E-state index < -0.39 is 6.04 Å². The lowest BCUT2D eigenvalue weighted by atomic mass is 9.94. The van der Waals surface area contributed by atoms with Crippen molar-refractivity contribution in [3.63, 3.8) is 0 Å². The number of allylic oxidation sites excluding steroid dienone is 1. The molecule has 1 aliphatic heterocycles. The Labute approximate surface area is 227 Å². The third-order valence-electron chi connectivity index (χ3n) is 6.43. The van der Waals surface area contributed by atoms with Gasteiger partial charge in [-0.25, -0.2) is 4.68 Å². The van der Waals surface area contributed by atoms with Crippen molar-refractivity contribution in [1.82, 2.24) is 14.8 Å². The standard InChI is InChI=1S/C30H31N5O2S/c1-5-37-24-14-12-23(13-15-24)27-26(28(36)32-25-16-11-19(2)17-20(25)3)21(4)31-29-33-30(34-35(27)29)38-18-22-9-7-6-8-10-22/h6-17,27H,5,18H2,1-4H3,(H,32,36)(H,31,33,34). The molecule has 1 atom stereocenters. The molecule has 0 radical (unpaired) electrons. The van der Waals surface area contributed by atoms with Gasteiger partial charge in [0.2, 0.25) is 11.1 Å². The molecule has 0 saturated carbocycles. The van der Waals surface area contributed by atoms with Gasteiger partial charge in [0, 0.05) is 17.1 Å². The zero-order valence-electron chi connectivity index (χ0n) is 22.0. The maximum absolute atomic E-state index is 13.8. The van der Waals surface area contributed by atoms with Gasteiger partial charge in [-0.1, -0.05) is 71.9 Å². The van der Waals surface area contributed by atoms with Crippen LogP contribution in [0.15, 0.2) is 89.2 Å². The summed E-state index contributed by atoms with van der Waals surface area (Å²) in [6.07, 6.45) is 0. The summed E-state index contributed by atoms with van der Waals surface area (Å²) < 4.78 is 7.46. The number of benzene rings is 3. The Balaban J connectivity index is 1.50. The van der Waals surface area contributed by atoms with Gasteiger partial charge < -0.3 is 15.4 Å². The van der Waals surface area contributed by atoms with Crippen LogP contribution in [-0.4, -0.2) is 27.3 Å². The minimum atomic E-state index is -0.453. The first-order valence-corrected chi connectivity index (χ1v) is 13.6. The number of hydrogen-bond acceptors (Lipinski definition) is 6. The Hall–Kier alpha value is -4.04. The smallest absolute Gasteiger partial charge is 0.255 e. The zero-order chi connectivity index (χ0) is 26.6. The van der Waals surface area contributed by atoms with Crippen LogP contribution in [0.3, 0.4) is 0 Å². The Bertz CT molecular complexity index is 1480. The van der Waals surface area contributed by atoms with E-state index >= 15 is 0 Å². The zero-order valence-corrected chi connectivity index (χ0v) is 22.8. The number of nitrogens with zero attached hydrogens (tertiary/aromatic N) is 3. The highest BCUT2D eigenvalue weighted by Gasteiger charge is 2.34. The molecule has 0 fully saturated rings. The summed E-state index contributed by atoms with van der Waals surface area (Å²) in [7, 11) is 0. The molecule has 38 heavy (non-hydrogen) atoms. The van der Waals surface area contributed by atoms with Crippen molar-refractivity contribution < 1.29 is 9.53 Å². The maximum atomic E-state index is 13.8. The Morgan fingerprint density at radius 2 is 1.82 bits per heavy atom. The number of amides is 1. The maximum Gasteiger partial charge on any atom is 0.255 e. The van der Waals surface area contributed by atoms with Gasteiger partial charge in [0.05, 0.1) is 12.2 Å². The Morgan fingerprint density at radius 3 is 2.53 bits per heavy atom. The number of aryl methyl sites for hydroxylation is 2. The molecule has 1 aliphatic rings. The van der Waals surface area contributed by atoms with Crippen molar-refractivity contribution in [2.45, 2.75) is 44.6 Å². The topological polar surface area (TPSA) is 81.1 Å². The van der Waals surface area contributed by atoms with Gasteiger partial charge in [-0.2, -0.15) is 4.98 Å². The summed E-state index contributed by atoms with van der Waals surface area (Å²) >= 11 is 1.57. The molecule has 7 nitrogen and oxygen atoms in total. The summed E-state index contributed by atoms with van der Waals surface area (Å²) in [6.45, 7) is 8.49. The molecule has 2 N–H and O–H groups in total. The van der Waals surface area contributed by atoms with Crippen molar-refractivity contribution in [3.05, 3.63) is 106 Å². The summed E-state index contributed by atoms with van der Waals surface area (Å²) in [4.78, 5) is 18.5. The largest absolute Gasteiger partial charge is 0.494 e. The molecule has 8 heteroatoms. The summed E-state index contributed by atoms with van der Waals surface area (Å²) in [6, 6.07) is 23.6. The van der Waals surface area contributed by atoms with E-state index in [-0.39, 0.29) is 5.91 Å². The number of thioether (sulfide) groups is 1. The van der Waals surface area contributed by atoms with Crippen molar-refractivity contribution in [3.8, 4) is 5.75 Å². The Morgan fingerprint density at radius 1 is 1.05 bits per heavy atom. The fraction of sp³-hybridized carbons (Fsp3) is 0.233. The highest BCUT2D eigenvalue weighted by Crippen LogP contribution is 2.37. The van der Waals surface area contributed by atoms with E-state index in [1.807, 2.05) is 87.0 Å². The molecule has 0 saturated heterocycles. The van der Waals surface area contributed by atoms with Gasteiger partial charge in [-0.05, 0) is 62.6 Å². The van der Waals surface area contributed by atoms with E-state index in [4.69, 9.17) is 14.8 Å². The fourth-order valence-electron chi connectivity index (χ4n) is 4.57. The number of carbonyl (C=O) groups excluding carboxylic acids is 1. The van der Waals surface area contributed by atoms with Crippen LogP contribution in [0.25, 0.3) is 0 Å². The van der Waals surface area contributed by atoms with Crippen molar-refractivity contribution >= 4 is 29.3 Å². The third-order valence-corrected chi connectivity index (χ3v) is 7.33.